The third-order valence-corrected chi connectivity index (χ3v) is 2.96. The molecule has 1 rings (SSSR count). The van der Waals surface area contributed by atoms with Gasteiger partial charge >= 0.3 is 0 Å². The molecule has 0 aromatic heterocycles. The van der Waals surface area contributed by atoms with Crippen LogP contribution in [0.4, 0.5) is 0 Å². The molecule has 2 nitrogen and oxygen atoms in total. The highest BCUT2D eigenvalue weighted by atomic mass is 15.1. The molecule has 1 atom stereocenters. The molecule has 0 amide bonds. The first kappa shape index (κ1) is 12.2. The van der Waals surface area contributed by atoms with Gasteiger partial charge in [-0.15, -0.1) is 0 Å². The maximum Gasteiger partial charge on any atom is 0.0212 e. The molecule has 1 aromatic rings. The lowest BCUT2D eigenvalue weighted by Crippen LogP contribution is -2.38. The van der Waals surface area contributed by atoms with E-state index >= 15 is 0 Å². The second kappa shape index (κ2) is 6.59. The van der Waals surface area contributed by atoms with Crippen LogP contribution >= 0.6 is 0 Å². The minimum atomic E-state index is 0.522. The minimum Gasteiger partial charge on any atom is -0.329 e. The molecule has 0 spiro atoms. The van der Waals surface area contributed by atoms with Crippen LogP contribution in [-0.4, -0.2) is 31.1 Å². The topological polar surface area (TPSA) is 29.3 Å². The quantitative estimate of drug-likeness (QED) is 0.770. The first-order valence-electron chi connectivity index (χ1n) is 5.72. The number of likely N-dealkylation sites (N-methyl/N-ethyl adjacent to an activating group) is 1. The number of benzene rings is 1. The SMILES string of the molecule is CCC(CN)N(C)CCc1ccccc1. The Balaban J connectivity index is 2.36. The Hall–Kier alpha value is -0.860. The van der Waals surface area contributed by atoms with Gasteiger partial charge in [0.1, 0.15) is 0 Å². The van der Waals surface area contributed by atoms with Crippen molar-refractivity contribution in [2.45, 2.75) is 25.8 Å². The van der Waals surface area contributed by atoms with Gasteiger partial charge in [0.2, 0.25) is 0 Å². The van der Waals surface area contributed by atoms with E-state index in [0.29, 0.717) is 6.04 Å². The van der Waals surface area contributed by atoms with E-state index in [1.165, 1.54) is 5.56 Å². The summed E-state index contributed by atoms with van der Waals surface area (Å²) in [7, 11) is 2.16. The van der Waals surface area contributed by atoms with Crippen molar-refractivity contribution in [2.24, 2.45) is 5.73 Å². The normalized spacial score (nSPS) is 13.1. The van der Waals surface area contributed by atoms with Gasteiger partial charge < -0.3 is 10.6 Å². The minimum absolute atomic E-state index is 0.522. The second-order valence-corrected chi connectivity index (χ2v) is 4.01. The highest BCUT2D eigenvalue weighted by molar-refractivity contribution is 5.14. The maximum absolute atomic E-state index is 5.71. The predicted molar refractivity (Wildman–Crippen MR) is 65.9 cm³/mol. The zero-order valence-corrected chi connectivity index (χ0v) is 9.82. The molecule has 1 unspecified atom stereocenters. The predicted octanol–water partition coefficient (Wildman–Crippen LogP) is 1.90. The lowest BCUT2D eigenvalue weighted by atomic mass is 10.1. The van der Waals surface area contributed by atoms with Crippen molar-refractivity contribution in [3.05, 3.63) is 35.9 Å². The summed E-state index contributed by atoms with van der Waals surface area (Å²) < 4.78 is 0. The van der Waals surface area contributed by atoms with E-state index in [1.807, 2.05) is 0 Å². The van der Waals surface area contributed by atoms with E-state index in [9.17, 15) is 0 Å². The molecule has 15 heavy (non-hydrogen) atoms. The molecular formula is C13H22N2. The zero-order chi connectivity index (χ0) is 11.1. The van der Waals surface area contributed by atoms with Crippen molar-refractivity contribution in [1.29, 1.82) is 0 Å². The maximum atomic E-state index is 5.71. The molecule has 0 heterocycles. The summed E-state index contributed by atoms with van der Waals surface area (Å²) in [5.74, 6) is 0. The van der Waals surface area contributed by atoms with Crippen molar-refractivity contribution >= 4 is 0 Å². The molecule has 0 radical (unpaired) electrons. The highest BCUT2D eigenvalue weighted by Gasteiger charge is 2.09. The monoisotopic (exact) mass is 206 g/mol. The van der Waals surface area contributed by atoms with Crippen LogP contribution in [0.25, 0.3) is 0 Å². The van der Waals surface area contributed by atoms with Crippen molar-refractivity contribution in [1.82, 2.24) is 4.90 Å². The van der Waals surface area contributed by atoms with Crippen LogP contribution in [0.2, 0.25) is 0 Å². The molecule has 0 bridgehead atoms. The van der Waals surface area contributed by atoms with E-state index in [-0.39, 0.29) is 0 Å². The van der Waals surface area contributed by atoms with Crippen LogP contribution in [0.5, 0.6) is 0 Å². The summed E-state index contributed by atoms with van der Waals surface area (Å²) in [5, 5.41) is 0. The van der Waals surface area contributed by atoms with Crippen molar-refractivity contribution < 1.29 is 0 Å². The lowest BCUT2D eigenvalue weighted by Gasteiger charge is -2.25. The third-order valence-electron chi connectivity index (χ3n) is 2.96. The van der Waals surface area contributed by atoms with E-state index in [0.717, 1.165) is 25.9 Å². The Kier molecular flexibility index (Phi) is 5.37. The molecule has 1 aromatic carbocycles. The summed E-state index contributed by atoms with van der Waals surface area (Å²) in [4.78, 5) is 2.35. The van der Waals surface area contributed by atoms with E-state index in [4.69, 9.17) is 5.73 Å². The zero-order valence-electron chi connectivity index (χ0n) is 9.82. The smallest absolute Gasteiger partial charge is 0.0212 e. The summed E-state index contributed by atoms with van der Waals surface area (Å²) in [5.41, 5.74) is 7.11. The Morgan fingerprint density at radius 1 is 1.27 bits per heavy atom. The fourth-order valence-corrected chi connectivity index (χ4v) is 1.79. The Morgan fingerprint density at radius 3 is 2.47 bits per heavy atom. The van der Waals surface area contributed by atoms with E-state index < -0.39 is 0 Å². The summed E-state index contributed by atoms with van der Waals surface area (Å²) in [6.45, 7) is 4.03. The second-order valence-electron chi connectivity index (χ2n) is 4.01. The molecule has 2 N–H and O–H groups in total. The van der Waals surface area contributed by atoms with Crippen molar-refractivity contribution in [3.8, 4) is 0 Å². The summed E-state index contributed by atoms with van der Waals surface area (Å²) >= 11 is 0. The van der Waals surface area contributed by atoms with Crippen LogP contribution in [0.3, 0.4) is 0 Å². The molecule has 0 fully saturated rings. The number of rotatable bonds is 6. The average Bonchev–Trinajstić information content (AvgIpc) is 2.29. The van der Waals surface area contributed by atoms with Crippen LogP contribution in [0.15, 0.2) is 30.3 Å². The number of nitrogens with two attached hydrogens (primary N) is 1. The first-order chi connectivity index (χ1) is 7.27. The van der Waals surface area contributed by atoms with Gasteiger partial charge in [-0.3, -0.25) is 0 Å². The molecule has 0 aliphatic heterocycles. The van der Waals surface area contributed by atoms with Gasteiger partial charge in [0, 0.05) is 19.1 Å². The average molecular weight is 206 g/mol. The van der Waals surface area contributed by atoms with E-state index in [1.54, 1.807) is 0 Å². The summed E-state index contributed by atoms with van der Waals surface area (Å²) in [6.07, 6.45) is 2.23. The van der Waals surface area contributed by atoms with Gasteiger partial charge in [0.05, 0.1) is 0 Å². The van der Waals surface area contributed by atoms with Gasteiger partial charge in [0.25, 0.3) is 0 Å². The van der Waals surface area contributed by atoms with Crippen LogP contribution in [-0.2, 0) is 6.42 Å². The molecular weight excluding hydrogens is 184 g/mol. The standard InChI is InChI=1S/C13H22N2/c1-3-13(11-14)15(2)10-9-12-7-5-4-6-8-12/h4-8,13H,3,9-11,14H2,1-2H3. The number of nitrogens with zero attached hydrogens (tertiary/aromatic N) is 1. The summed E-state index contributed by atoms with van der Waals surface area (Å²) in [6, 6.07) is 11.1. The van der Waals surface area contributed by atoms with Gasteiger partial charge in [-0.05, 0) is 25.5 Å². The van der Waals surface area contributed by atoms with Gasteiger partial charge in [-0.1, -0.05) is 37.3 Å². The van der Waals surface area contributed by atoms with Gasteiger partial charge in [-0.25, -0.2) is 0 Å². The third kappa shape index (κ3) is 4.02. The molecule has 2 heteroatoms. The van der Waals surface area contributed by atoms with Crippen LogP contribution < -0.4 is 5.73 Å². The highest BCUT2D eigenvalue weighted by Crippen LogP contribution is 2.04. The largest absolute Gasteiger partial charge is 0.329 e. The Labute approximate surface area is 93.1 Å². The lowest BCUT2D eigenvalue weighted by molar-refractivity contribution is 0.244. The molecule has 0 aliphatic carbocycles. The fraction of sp³-hybridized carbons (Fsp3) is 0.538. The Bertz CT molecular complexity index is 254. The molecule has 0 saturated heterocycles. The number of hydrogen-bond acceptors (Lipinski definition) is 2. The van der Waals surface area contributed by atoms with Crippen molar-refractivity contribution in [2.75, 3.05) is 20.1 Å². The molecule has 0 aliphatic rings. The molecule has 0 saturated carbocycles. The fourth-order valence-electron chi connectivity index (χ4n) is 1.79. The van der Waals surface area contributed by atoms with Crippen molar-refractivity contribution in [3.63, 3.8) is 0 Å². The van der Waals surface area contributed by atoms with Gasteiger partial charge in [0.15, 0.2) is 0 Å². The number of hydrogen-bond donors (Lipinski definition) is 1. The van der Waals surface area contributed by atoms with Gasteiger partial charge in [-0.2, -0.15) is 0 Å². The molecule has 84 valence electrons. The van der Waals surface area contributed by atoms with E-state index in [2.05, 4.69) is 49.2 Å². The van der Waals surface area contributed by atoms with Crippen LogP contribution in [0.1, 0.15) is 18.9 Å². The first-order valence-corrected chi connectivity index (χ1v) is 5.72. The van der Waals surface area contributed by atoms with Crippen LogP contribution in [0, 0.1) is 0 Å². The Morgan fingerprint density at radius 2 is 1.93 bits per heavy atom.